The molecule has 2 aromatic heterocycles. The minimum Gasteiger partial charge on any atom is -0.272 e. The molecule has 0 unspecified atom stereocenters. The van der Waals surface area contributed by atoms with E-state index in [9.17, 15) is 9.59 Å². The minimum atomic E-state index is -0.249. The van der Waals surface area contributed by atoms with Gasteiger partial charge in [-0.3, -0.25) is 14.2 Å². The SMILES string of the molecule is C/C(=N/NC(=O)CSc1nc2sc3c(c2c(=O)n1-c1ccc(C)cc1)CCCC3)c1ccccc1. The van der Waals surface area contributed by atoms with Crippen LogP contribution in [0.3, 0.4) is 0 Å². The lowest BCUT2D eigenvalue weighted by atomic mass is 9.97. The smallest absolute Gasteiger partial charge is 0.267 e. The van der Waals surface area contributed by atoms with E-state index in [4.69, 9.17) is 4.98 Å². The number of thiophene rings is 1. The molecule has 0 spiro atoms. The molecule has 0 bridgehead atoms. The summed E-state index contributed by atoms with van der Waals surface area (Å²) in [6.07, 6.45) is 4.18. The van der Waals surface area contributed by atoms with E-state index in [1.54, 1.807) is 15.9 Å². The Hall–Kier alpha value is -3.23. The van der Waals surface area contributed by atoms with E-state index in [-0.39, 0.29) is 17.2 Å². The van der Waals surface area contributed by atoms with Crippen molar-refractivity contribution in [3.63, 3.8) is 0 Å². The molecule has 2 aromatic carbocycles. The Labute approximate surface area is 212 Å². The van der Waals surface area contributed by atoms with Crippen molar-refractivity contribution in [3.8, 4) is 5.69 Å². The van der Waals surface area contributed by atoms with Gasteiger partial charge in [-0.05, 0) is 62.8 Å². The summed E-state index contributed by atoms with van der Waals surface area (Å²) < 4.78 is 1.65. The molecule has 6 nitrogen and oxygen atoms in total. The van der Waals surface area contributed by atoms with Crippen LogP contribution in [0.4, 0.5) is 0 Å². The van der Waals surface area contributed by atoms with Crippen molar-refractivity contribution >= 4 is 44.9 Å². The maximum Gasteiger partial charge on any atom is 0.267 e. The van der Waals surface area contributed by atoms with E-state index in [2.05, 4.69) is 10.5 Å². The van der Waals surface area contributed by atoms with Crippen molar-refractivity contribution < 1.29 is 4.79 Å². The lowest BCUT2D eigenvalue weighted by molar-refractivity contribution is -0.118. The summed E-state index contributed by atoms with van der Waals surface area (Å²) in [5.74, 6) is -0.152. The summed E-state index contributed by atoms with van der Waals surface area (Å²) in [6, 6.07) is 17.5. The van der Waals surface area contributed by atoms with Gasteiger partial charge in [0.05, 0.1) is 22.5 Å². The van der Waals surface area contributed by atoms with Crippen molar-refractivity contribution in [3.05, 3.63) is 86.5 Å². The van der Waals surface area contributed by atoms with Gasteiger partial charge in [-0.2, -0.15) is 5.10 Å². The molecule has 8 heteroatoms. The van der Waals surface area contributed by atoms with E-state index in [0.717, 1.165) is 64.0 Å². The van der Waals surface area contributed by atoms with Gasteiger partial charge in [0.2, 0.25) is 0 Å². The van der Waals surface area contributed by atoms with Gasteiger partial charge < -0.3 is 0 Å². The van der Waals surface area contributed by atoms with Crippen molar-refractivity contribution in [1.29, 1.82) is 0 Å². The molecule has 0 saturated heterocycles. The highest BCUT2D eigenvalue weighted by Gasteiger charge is 2.23. The first-order chi connectivity index (χ1) is 17.0. The number of amides is 1. The number of carbonyl (C=O) groups is 1. The molecule has 0 saturated carbocycles. The third-order valence-electron chi connectivity index (χ3n) is 6.12. The first kappa shape index (κ1) is 23.5. The fourth-order valence-corrected chi connectivity index (χ4v) is 6.36. The van der Waals surface area contributed by atoms with E-state index in [0.29, 0.717) is 5.16 Å². The zero-order valence-electron chi connectivity index (χ0n) is 19.7. The Bertz CT molecular complexity index is 1470. The number of hydrogen-bond acceptors (Lipinski definition) is 6. The van der Waals surface area contributed by atoms with Crippen molar-refractivity contribution in [1.82, 2.24) is 15.0 Å². The molecule has 0 aliphatic heterocycles. The van der Waals surface area contributed by atoms with Crippen LogP contribution in [0.2, 0.25) is 0 Å². The number of aryl methyl sites for hydroxylation is 3. The number of carbonyl (C=O) groups excluding carboxylic acids is 1. The quantitative estimate of drug-likeness (QED) is 0.169. The molecule has 2 heterocycles. The molecule has 1 N–H and O–H groups in total. The normalized spacial score (nSPS) is 13.6. The van der Waals surface area contributed by atoms with Crippen LogP contribution in [0.25, 0.3) is 15.9 Å². The van der Waals surface area contributed by atoms with Gasteiger partial charge in [0.15, 0.2) is 5.16 Å². The first-order valence-electron chi connectivity index (χ1n) is 11.7. The number of benzene rings is 2. The summed E-state index contributed by atoms with van der Waals surface area (Å²) in [5.41, 5.74) is 7.27. The largest absolute Gasteiger partial charge is 0.272 e. The Morgan fingerprint density at radius 1 is 1.11 bits per heavy atom. The van der Waals surface area contributed by atoms with Crippen molar-refractivity contribution in [2.45, 2.75) is 44.7 Å². The Morgan fingerprint density at radius 3 is 2.63 bits per heavy atom. The van der Waals surface area contributed by atoms with Gasteiger partial charge in [-0.25, -0.2) is 10.4 Å². The van der Waals surface area contributed by atoms with Crippen molar-refractivity contribution in [2.75, 3.05) is 5.75 Å². The highest BCUT2D eigenvalue weighted by molar-refractivity contribution is 7.99. The monoisotopic (exact) mass is 502 g/mol. The van der Waals surface area contributed by atoms with Gasteiger partial charge in [0.25, 0.3) is 11.5 Å². The predicted octanol–water partition coefficient (Wildman–Crippen LogP) is 5.27. The van der Waals surface area contributed by atoms with Crippen LogP contribution in [0, 0.1) is 6.92 Å². The van der Waals surface area contributed by atoms with E-state index >= 15 is 0 Å². The number of nitrogens with one attached hydrogen (secondary N) is 1. The fraction of sp³-hybridized carbons (Fsp3) is 0.259. The van der Waals surface area contributed by atoms with Gasteiger partial charge in [-0.1, -0.05) is 59.8 Å². The van der Waals surface area contributed by atoms with Gasteiger partial charge in [-0.15, -0.1) is 11.3 Å². The van der Waals surface area contributed by atoms with Crippen LogP contribution in [0.1, 0.15) is 41.3 Å². The zero-order valence-corrected chi connectivity index (χ0v) is 21.3. The molecule has 0 radical (unpaired) electrons. The summed E-state index contributed by atoms with van der Waals surface area (Å²) in [5, 5.41) is 5.48. The highest BCUT2D eigenvalue weighted by atomic mass is 32.2. The molecule has 5 rings (SSSR count). The average Bonchev–Trinajstić information content (AvgIpc) is 3.26. The first-order valence-corrected chi connectivity index (χ1v) is 13.5. The maximum atomic E-state index is 13.8. The number of nitrogens with zero attached hydrogens (tertiary/aromatic N) is 3. The molecule has 0 fully saturated rings. The Morgan fingerprint density at radius 2 is 1.86 bits per heavy atom. The molecule has 35 heavy (non-hydrogen) atoms. The van der Waals surface area contributed by atoms with Crippen LogP contribution in [0.15, 0.2) is 69.6 Å². The zero-order chi connectivity index (χ0) is 24.4. The summed E-state index contributed by atoms with van der Waals surface area (Å²) in [7, 11) is 0. The molecule has 1 aliphatic rings. The predicted molar refractivity (Wildman–Crippen MR) is 144 cm³/mol. The van der Waals surface area contributed by atoms with Gasteiger partial charge in [0, 0.05) is 4.88 Å². The summed E-state index contributed by atoms with van der Waals surface area (Å²) in [4.78, 5) is 33.3. The van der Waals surface area contributed by atoms with Crippen LogP contribution >= 0.6 is 23.1 Å². The third-order valence-corrected chi connectivity index (χ3v) is 8.25. The number of hydrogen-bond donors (Lipinski definition) is 1. The van der Waals surface area contributed by atoms with Crippen LogP contribution in [-0.2, 0) is 17.6 Å². The Balaban J connectivity index is 1.45. The highest BCUT2D eigenvalue weighted by Crippen LogP contribution is 2.35. The number of fused-ring (bicyclic) bond motifs is 3. The lowest BCUT2D eigenvalue weighted by Gasteiger charge is -2.13. The van der Waals surface area contributed by atoms with Crippen LogP contribution in [0.5, 0.6) is 0 Å². The average molecular weight is 503 g/mol. The third kappa shape index (κ3) is 4.94. The molecular formula is C27H26N4O2S2. The second kappa shape index (κ2) is 10.2. The second-order valence-electron chi connectivity index (χ2n) is 8.65. The number of rotatable bonds is 6. The molecule has 4 aromatic rings. The standard InChI is InChI=1S/C27H26N4O2S2/c1-17-12-14-20(15-13-17)31-26(33)24-21-10-6-7-11-22(21)35-25(24)28-27(31)34-16-23(32)30-29-18(2)19-8-4-3-5-9-19/h3-5,8-9,12-15H,6-7,10-11,16H2,1-2H3,(H,30,32)/b29-18-. The van der Waals surface area contributed by atoms with E-state index in [1.165, 1.54) is 16.6 Å². The maximum absolute atomic E-state index is 13.8. The van der Waals surface area contributed by atoms with E-state index < -0.39 is 0 Å². The lowest BCUT2D eigenvalue weighted by Crippen LogP contribution is -2.24. The number of hydrazone groups is 1. The summed E-state index contributed by atoms with van der Waals surface area (Å²) >= 11 is 2.87. The number of thioether (sulfide) groups is 1. The fourth-order valence-electron chi connectivity index (χ4n) is 4.26. The molecular weight excluding hydrogens is 476 g/mol. The number of aromatic nitrogens is 2. The summed E-state index contributed by atoms with van der Waals surface area (Å²) in [6.45, 7) is 3.87. The van der Waals surface area contributed by atoms with Crippen molar-refractivity contribution in [2.24, 2.45) is 5.10 Å². The van der Waals surface area contributed by atoms with Gasteiger partial charge >= 0.3 is 0 Å². The van der Waals surface area contributed by atoms with E-state index in [1.807, 2.05) is 68.4 Å². The Kier molecular flexibility index (Phi) is 6.83. The van der Waals surface area contributed by atoms with Crippen LogP contribution in [-0.4, -0.2) is 26.9 Å². The minimum absolute atomic E-state index is 0.0564. The molecule has 1 amide bonds. The molecule has 178 valence electrons. The molecule has 1 aliphatic carbocycles. The van der Waals surface area contributed by atoms with Gasteiger partial charge in [0.1, 0.15) is 4.83 Å². The molecule has 0 atom stereocenters. The second-order valence-corrected chi connectivity index (χ2v) is 10.7. The van der Waals surface area contributed by atoms with Crippen LogP contribution < -0.4 is 11.0 Å². The topological polar surface area (TPSA) is 76.3 Å².